The van der Waals surface area contributed by atoms with Gasteiger partial charge in [0.15, 0.2) is 14.2 Å². The third-order valence-corrected chi connectivity index (χ3v) is 6.59. The van der Waals surface area contributed by atoms with Crippen molar-refractivity contribution in [3.8, 4) is 0 Å². The van der Waals surface area contributed by atoms with Gasteiger partial charge in [0, 0.05) is 15.6 Å². The molecule has 0 aliphatic heterocycles. The van der Waals surface area contributed by atoms with Crippen LogP contribution in [0.1, 0.15) is 25.3 Å². The van der Waals surface area contributed by atoms with Gasteiger partial charge in [0.25, 0.3) is 0 Å². The molecule has 0 spiro atoms. The molecular formula is C14H23Cl2O4PSi. The zero-order valence-corrected chi connectivity index (χ0v) is 17.0. The highest BCUT2D eigenvalue weighted by Crippen LogP contribution is 2.63. The van der Waals surface area contributed by atoms with Gasteiger partial charge < -0.3 is 13.5 Å². The van der Waals surface area contributed by atoms with E-state index in [4.69, 9.17) is 36.7 Å². The summed E-state index contributed by atoms with van der Waals surface area (Å²) in [6.45, 7) is 9.97. The minimum Gasteiger partial charge on any atom is -0.400 e. The first-order valence-corrected chi connectivity index (χ1v) is 12.9. The molecular weight excluding hydrogens is 362 g/mol. The molecule has 126 valence electrons. The van der Waals surface area contributed by atoms with E-state index in [2.05, 4.69) is 0 Å². The Bertz CT molecular complexity index is 518. The quantitative estimate of drug-likeness (QED) is 0.400. The van der Waals surface area contributed by atoms with Crippen molar-refractivity contribution in [3.63, 3.8) is 0 Å². The van der Waals surface area contributed by atoms with E-state index in [9.17, 15) is 4.57 Å². The summed E-state index contributed by atoms with van der Waals surface area (Å²) in [5.74, 6) is -0.930. The maximum absolute atomic E-state index is 13.2. The predicted molar refractivity (Wildman–Crippen MR) is 94.5 cm³/mol. The van der Waals surface area contributed by atoms with E-state index >= 15 is 0 Å². The molecule has 0 aliphatic rings. The Balaban J connectivity index is 3.43. The van der Waals surface area contributed by atoms with Crippen LogP contribution in [0.2, 0.25) is 29.7 Å². The smallest absolute Gasteiger partial charge is 0.362 e. The van der Waals surface area contributed by atoms with Crippen molar-refractivity contribution in [2.24, 2.45) is 0 Å². The normalized spacial score (nSPS) is 14.1. The van der Waals surface area contributed by atoms with Gasteiger partial charge in [-0.25, -0.2) is 0 Å². The number of hydrogen-bond acceptors (Lipinski definition) is 4. The van der Waals surface area contributed by atoms with Crippen LogP contribution >= 0.6 is 30.8 Å². The van der Waals surface area contributed by atoms with Crippen molar-refractivity contribution in [2.45, 2.75) is 39.3 Å². The lowest BCUT2D eigenvalue weighted by atomic mass is 10.2. The van der Waals surface area contributed by atoms with Crippen molar-refractivity contribution in [1.29, 1.82) is 0 Å². The zero-order valence-electron chi connectivity index (χ0n) is 13.6. The standard InChI is InChI=1S/C14H23Cl2O4PSi/c1-6-18-21(17,19-7-2)14(20-22(3,4)5)13-11(15)9-8-10-12(13)16/h8-10,14H,6-7H2,1-5H3. The fraction of sp³-hybridized carbons (Fsp3) is 0.571. The van der Waals surface area contributed by atoms with E-state index < -0.39 is 21.8 Å². The summed E-state index contributed by atoms with van der Waals surface area (Å²) in [5.41, 5.74) is 0.457. The highest BCUT2D eigenvalue weighted by molar-refractivity contribution is 7.54. The Hall–Kier alpha value is 0.127. The summed E-state index contributed by atoms with van der Waals surface area (Å²) >= 11 is 12.6. The first-order chi connectivity index (χ1) is 10.1. The monoisotopic (exact) mass is 384 g/mol. The number of halogens is 2. The maximum Gasteiger partial charge on any atom is 0.362 e. The minimum absolute atomic E-state index is 0.241. The topological polar surface area (TPSA) is 44.8 Å². The highest BCUT2D eigenvalue weighted by atomic mass is 35.5. The molecule has 22 heavy (non-hydrogen) atoms. The predicted octanol–water partition coefficient (Wildman–Crippen LogP) is 6.11. The van der Waals surface area contributed by atoms with Gasteiger partial charge in [-0.2, -0.15) is 0 Å². The van der Waals surface area contributed by atoms with Crippen molar-refractivity contribution in [3.05, 3.63) is 33.8 Å². The molecule has 0 saturated carbocycles. The molecule has 0 radical (unpaired) electrons. The summed E-state index contributed by atoms with van der Waals surface area (Å²) < 4.78 is 30.3. The zero-order chi connectivity index (χ0) is 17.0. The van der Waals surface area contributed by atoms with Crippen LogP contribution in [-0.2, 0) is 18.0 Å². The first kappa shape index (κ1) is 20.2. The fourth-order valence-electron chi connectivity index (χ4n) is 1.90. The molecule has 1 aromatic rings. The SMILES string of the molecule is CCOP(=O)(OCC)C(O[Si](C)(C)C)c1c(Cl)cccc1Cl. The van der Waals surface area contributed by atoms with Gasteiger partial charge in [-0.1, -0.05) is 29.3 Å². The average Bonchev–Trinajstić information content (AvgIpc) is 2.36. The summed E-state index contributed by atoms with van der Waals surface area (Å²) in [5, 5.41) is 0.769. The lowest BCUT2D eigenvalue weighted by molar-refractivity contribution is 0.158. The lowest BCUT2D eigenvalue weighted by Crippen LogP contribution is -2.29. The molecule has 0 aromatic heterocycles. The third-order valence-electron chi connectivity index (χ3n) is 2.62. The lowest BCUT2D eigenvalue weighted by Gasteiger charge is -2.32. The van der Waals surface area contributed by atoms with Crippen LogP contribution < -0.4 is 0 Å². The van der Waals surface area contributed by atoms with Crippen LogP contribution in [0.3, 0.4) is 0 Å². The second-order valence-electron chi connectivity index (χ2n) is 5.59. The summed E-state index contributed by atoms with van der Waals surface area (Å²) in [7, 11) is -5.62. The summed E-state index contributed by atoms with van der Waals surface area (Å²) in [6, 6.07) is 5.10. The molecule has 0 heterocycles. The average molecular weight is 385 g/mol. The van der Waals surface area contributed by atoms with Gasteiger partial charge >= 0.3 is 7.60 Å². The van der Waals surface area contributed by atoms with Gasteiger partial charge in [-0.3, -0.25) is 4.57 Å². The number of benzene rings is 1. The molecule has 4 nitrogen and oxygen atoms in total. The van der Waals surface area contributed by atoms with E-state index in [0.29, 0.717) is 15.6 Å². The van der Waals surface area contributed by atoms with Crippen LogP contribution in [0.25, 0.3) is 0 Å². The molecule has 1 rings (SSSR count). The fourth-order valence-corrected chi connectivity index (χ4v) is 6.56. The van der Waals surface area contributed by atoms with Crippen molar-refractivity contribution < 1.29 is 18.0 Å². The second kappa shape index (κ2) is 8.29. The molecule has 0 aliphatic carbocycles. The molecule has 1 aromatic carbocycles. The van der Waals surface area contributed by atoms with Crippen molar-refractivity contribution in [1.82, 2.24) is 0 Å². The van der Waals surface area contributed by atoms with Crippen LogP contribution in [0.4, 0.5) is 0 Å². The second-order valence-corrected chi connectivity index (χ2v) is 12.9. The Morgan fingerprint density at radius 1 is 1.09 bits per heavy atom. The Kier molecular flexibility index (Phi) is 7.60. The van der Waals surface area contributed by atoms with Crippen molar-refractivity contribution >= 4 is 39.1 Å². The van der Waals surface area contributed by atoms with Crippen LogP contribution in [0.15, 0.2) is 18.2 Å². The highest BCUT2D eigenvalue weighted by Gasteiger charge is 2.42. The molecule has 8 heteroatoms. The summed E-state index contributed by atoms with van der Waals surface area (Å²) in [6.07, 6.45) is 0. The van der Waals surface area contributed by atoms with E-state index in [0.717, 1.165) is 0 Å². The Labute approximate surface area is 143 Å². The van der Waals surface area contributed by atoms with Gasteiger partial charge in [-0.05, 0) is 45.6 Å². The van der Waals surface area contributed by atoms with E-state index in [1.54, 1.807) is 32.0 Å². The molecule has 0 amide bonds. The third kappa shape index (κ3) is 5.34. The van der Waals surface area contributed by atoms with Gasteiger partial charge in [0.2, 0.25) is 0 Å². The van der Waals surface area contributed by atoms with E-state index in [1.165, 1.54) is 0 Å². The molecule has 0 saturated heterocycles. The molecule has 0 N–H and O–H groups in total. The van der Waals surface area contributed by atoms with Gasteiger partial charge in [0.05, 0.1) is 13.2 Å². The molecule has 0 bridgehead atoms. The maximum atomic E-state index is 13.2. The van der Waals surface area contributed by atoms with Crippen LogP contribution in [0, 0.1) is 0 Å². The largest absolute Gasteiger partial charge is 0.400 e. The number of rotatable bonds is 8. The summed E-state index contributed by atoms with van der Waals surface area (Å²) in [4.78, 5) is 0. The van der Waals surface area contributed by atoms with Crippen molar-refractivity contribution in [2.75, 3.05) is 13.2 Å². The Morgan fingerprint density at radius 3 is 1.91 bits per heavy atom. The molecule has 1 unspecified atom stereocenters. The van der Waals surface area contributed by atoms with Crippen LogP contribution in [0.5, 0.6) is 0 Å². The number of hydrogen-bond donors (Lipinski definition) is 0. The van der Waals surface area contributed by atoms with Gasteiger partial charge in [-0.15, -0.1) is 0 Å². The molecule has 1 atom stereocenters. The first-order valence-electron chi connectivity index (χ1n) is 7.15. The van der Waals surface area contributed by atoms with Gasteiger partial charge in [0.1, 0.15) is 0 Å². The minimum atomic E-state index is -3.56. The molecule has 0 fully saturated rings. The van der Waals surface area contributed by atoms with E-state index in [1.807, 2.05) is 19.6 Å². The Morgan fingerprint density at radius 2 is 1.55 bits per heavy atom. The van der Waals surface area contributed by atoms with Crippen LogP contribution in [-0.4, -0.2) is 21.5 Å². The van der Waals surface area contributed by atoms with E-state index in [-0.39, 0.29) is 13.2 Å².